The van der Waals surface area contributed by atoms with Crippen LogP contribution in [0.2, 0.25) is 0 Å². The minimum Gasteiger partial charge on any atom is -0.339 e. The molecular formula is C18H29N5O. The topological polar surface area (TPSA) is 54.3 Å². The molecule has 4 rings (SSSR count). The van der Waals surface area contributed by atoms with Gasteiger partial charge in [-0.05, 0) is 38.6 Å². The Morgan fingerprint density at radius 2 is 2.00 bits per heavy atom. The number of amides is 1. The highest BCUT2D eigenvalue weighted by Crippen LogP contribution is 2.42. The average Bonchev–Trinajstić information content (AvgIpc) is 3.19. The highest BCUT2D eigenvalue weighted by atomic mass is 16.2. The van der Waals surface area contributed by atoms with Crippen LogP contribution in [0.15, 0.2) is 6.33 Å². The van der Waals surface area contributed by atoms with E-state index in [1.54, 1.807) is 6.33 Å². The van der Waals surface area contributed by atoms with Crippen molar-refractivity contribution in [3.8, 4) is 0 Å². The summed E-state index contributed by atoms with van der Waals surface area (Å²) in [7, 11) is 1.98. The maximum Gasteiger partial charge on any atom is 0.230 e. The molecule has 1 spiro atoms. The largest absolute Gasteiger partial charge is 0.339 e. The molecule has 0 aromatic carbocycles. The number of rotatable bonds is 3. The third kappa shape index (κ3) is 2.85. The fourth-order valence-corrected chi connectivity index (χ4v) is 4.96. The third-order valence-electron chi connectivity index (χ3n) is 6.39. The van der Waals surface area contributed by atoms with Crippen LogP contribution < -0.4 is 0 Å². The first-order valence-corrected chi connectivity index (χ1v) is 9.54. The second-order valence-corrected chi connectivity index (χ2v) is 7.99. The minimum absolute atomic E-state index is 0.131. The SMILES string of the molecule is Cn1cnnc1CN1CC[C@@]2(CCCN(C3CCCCC3)C2=O)C1. The lowest BCUT2D eigenvalue weighted by Crippen LogP contribution is -2.54. The maximum absolute atomic E-state index is 13.3. The van der Waals surface area contributed by atoms with Gasteiger partial charge >= 0.3 is 0 Å². The van der Waals surface area contributed by atoms with Gasteiger partial charge in [0.25, 0.3) is 0 Å². The van der Waals surface area contributed by atoms with Crippen LogP contribution in [0.5, 0.6) is 0 Å². The Hall–Kier alpha value is -1.43. The summed E-state index contributed by atoms with van der Waals surface area (Å²) in [5.41, 5.74) is -0.131. The van der Waals surface area contributed by atoms with E-state index in [-0.39, 0.29) is 5.41 Å². The summed E-state index contributed by atoms with van der Waals surface area (Å²) in [5, 5.41) is 8.16. The number of piperidine rings is 1. The Morgan fingerprint density at radius 3 is 2.75 bits per heavy atom. The van der Waals surface area contributed by atoms with Crippen molar-refractivity contribution in [2.45, 2.75) is 64.0 Å². The number of likely N-dealkylation sites (tertiary alicyclic amines) is 2. The predicted molar refractivity (Wildman–Crippen MR) is 91.2 cm³/mol. The normalized spacial score (nSPS) is 29.7. The van der Waals surface area contributed by atoms with Crippen molar-refractivity contribution in [1.29, 1.82) is 0 Å². The van der Waals surface area contributed by atoms with E-state index in [1.165, 1.54) is 38.5 Å². The first kappa shape index (κ1) is 16.1. The van der Waals surface area contributed by atoms with Gasteiger partial charge in [0.2, 0.25) is 5.91 Å². The van der Waals surface area contributed by atoms with Crippen molar-refractivity contribution in [1.82, 2.24) is 24.6 Å². The van der Waals surface area contributed by atoms with E-state index in [4.69, 9.17) is 0 Å². The second kappa shape index (κ2) is 6.47. The van der Waals surface area contributed by atoms with Crippen molar-refractivity contribution in [2.24, 2.45) is 12.5 Å². The molecular weight excluding hydrogens is 302 g/mol. The molecule has 24 heavy (non-hydrogen) atoms. The molecule has 6 nitrogen and oxygen atoms in total. The molecule has 2 saturated heterocycles. The highest BCUT2D eigenvalue weighted by Gasteiger charge is 2.49. The lowest BCUT2D eigenvalue weighted by molar-refractivity contribution is -0.149. The number of hydrogen-bond donors (Lipinski definition) is 0. The third-order valence-corrected chi connectivity index (χ3v) is 6.39. The van der Waals surface area contributed by atoms with Gasteiger partial charge in [-0.3, -0.25) is 9.69 Å². The molecule has 1 amide bonds. The standard InChI is InChI=1S/C18H29N5O/c1-21-14-19-20-16(21)12-22-11-9-18(13-22)8-5-10-23(17(18)24)15-6-3-2-4-7-15/h14-15H,2-13H2,1H3/t18-/m0/s1. The molecule has 1 aromatic heterocycles. The van der Waals surface area contributed by atoms with Gasteiger partial charge in [0.1, 0.15) is 12.2 Å². The van der Waals surface area contributed by atoms with E-state index in [0.717, 1.165) is 44.8 Å². The smallest absolute Gasteiger partial charge is 0.230 e. The Kier molecular flexibility index (Phi) is 4.33. The quantitative estimate of drug-likeness (QED) is 0.850. The van der Waals surface area contributed by atoms with Gasteiger partial charge in [0.15, 0.2) is 0 Å². The van der Waals surface area contributed by atoms with Crippen LogP contribution in [0.3, 0.4) is 0 Å². The van der Waals surface area contributed by atoms with E-state index >= 15 is 0 Å². The maximum atomic E-state index is 13.3. The molecule has 3 fully saturated rings. The summed E-state index contributed by atoms with van der Waals surface area (Å²) in [6.45, 7) is 3.67. The summed E-state index contributed by atoms with van der Waals surface area (Å²) in [4.78, 5) is 18.0. The Bertz CT molecular complexity index is 594. The van der Waals surface area contributed by atoms with E-state index in [9.17, 15) is 4.79 Å². The fraction of sp³-hybridized carbons (Fsp3) is 0.833. The molecule has 0 unspecified atom stereocenters. The van der Waals surface area contributed by atoms with Crippen molar-refractivity contribution < 1.29 is 4.79 Å². The van der Waals surface area contributed by atoms with Gasteiger partial charge in [0.05, 0.1) is 12.0 Å². The summed E-state index contributed by atoms with van der Waals surface area (Å²) >= 11 is 0. The van der Waals surface area contributed by atoms with Crippen LogP contribution in [-0.4, -0.2) is 56.1 Å². The zero-order valence-electron chi connectivity index (χ0n) is 14.8. The number of aromatic nitrogens is 3. The molecule has 6 heteroatoms. The molecule has 1 aliphatic carbocycles. The van der Waals surface area contributed by atoms with Crippen molar-refractivity contribution >= 4 is 5.91 Å². The number of carbonyl (C=O) groups excluding carboxylic acids is 1. The van der Waals surface area contributed by atoms with Crippen molar-refractivity contribution in [2.75, 3.05) is 19.6 Å². The van der Waals surface area contributed by atoms with E-state index in [1.807, 2.05) is 11.6 Å². The van der Waals surface area contributed by atoms with Crippen LogP contribution in [0.4, 0.5) is 0 Å². The van der Waals surface area contributed by atoms with Gasteiger partial charge in [-0.1, -0.05) is 19.3 Å². The average molecular weight is 331 g/mol. The van der Waals surface area contributed by atoms with E-state index in [0.29, 0.717) is 11.9 Å². The molecule has 0 bridgehead atoms. The van der Waals surface area contributed by atoms with Crippen LogP contribution in [0.1, 0.15) is 57.2 Å². The summed E-state index contributed by atoms with van der Waals surface area (Å²) in [6.07, 6.45) is 11.3. The zero-order chi connectivity index (χ0) is 16.6. The van der Waals surface area contributed by atoms with Crippen molar-refractivity contribution in [3.63, 3.8) is 0 Å². The second-order valence-electron chi connectivity index (χ2n) is 7.99. The summed E-state index contributed by atoms with van der Waals surface area (Å²) in [6, 6.07) is 0.510. The fourth-order valence-electron chi connectivity index (χ4n) is 4.96. The minimum atomic E-state index is -0.131. The van der Waals surface area contributed by atoms with Crippen LogP contribution in [0, 0.1) is 5.41 Å². The highest BCUT2D eigenvalue weighted by molar-refractivity contribution is 5.84. The van der Waals surface area contributed by atoms with Gasteiger partial charge in [-0.25, -0.2) is 0 Å². The first-order valence-electron chi connectivity index (χ1n) is 9.54. The van der Waals surface area contributed by atoms with Crippen molar-refractivity contribution in [3.05, 3.63) is 12.2 Å². The number of aryl methyl sites for hydroxylation is 1. The molecule has 0 radical (unpaired) electrons. The lowest BCUT2D eigenvalue weighted by Gasteiger charge is -2.44. The van der Waals surface area contributed by atoms with Gasteiger partial charge in [-0.2, -0.15) is 0 Å². The molecule has 1 atom stereocenters. The van der Waals surface area contributed by atoms with Gasteiger partial charge in [-0.15, -0.1) is 10.2 Å². The van der Waals surface area contributed by atoms with Gasteiger partial charge in [0, 0.05) is 26.2 Å². The van der Waals surface area contributed by atoms with E-state index in [2.05, 4.69) is 20.0 Å². The predicted octanol–water partition coefficient (Wildman–Crippen LogP) is 1.96. The lowest BCUT2D eigenvalue weighted by atomic mass is 9.77. The molecule has 0 N–H and O–H groups in total. The first-order chi connectivity index (χ1) is 11.7. The molecule has 3 heterocycles. The Morgan fingerprint density at radius 1 is 1.17 bits per heavy atom. The number of hydrogen-bond acceptors (Lipinski definition) is 4. The Balaban J connectivity index is 1.44. The molecule has 3 aliphatic rings. The molecule has 132 valence electrons. The molecule has 1 aromatic rings. The summed E-state index contributed by atoms with van der Waals surface area (Å²) in [5.74, 6) is 1.43. The van der Waals surface area contributed by atoms with Crippen LogP contribution in [0.25, 0.3) is 0 Å². The zero-order valence-corrected chi connectivity index (χ0v) is 14.8. The number of nitrogens with zero attached hydrogens (tertiary/aromatic N) is 5. The monoisotopic (exact) mass is 331 g/mol. The molecule has 1 saturated carbocycles. The van der Waals surface area contributed by atoms with Crippen LogP contribution >= 0.6 is 0 Å². The number of carbonyl (C=O) groups is 1. The van der Waals surface area contributed by atoms with Gasteiger partial charge < -0.3 is 9.47 Å². The van der Waals surface area contributed by atoms with Crippen LogP contribution in [-0.2, 0) is 18.4 Å². The Labute approximate surface area is 144 Å². The van der Waals surface area contributed by atoms with E-state index < -0.39 is 0 Å². The summed E-state index contributed by atoms with van der Waals surface area (Å²) < 4.78 is 1.97. The molecule has 2 aliphatic heterocycles.